The van der Waals surface area contributed by atoms with Crippen LogP contribution in [0, 0.1) is 11.8 Å². The smallest absolute Gasteiger partial charge is 0.0564 e. The van der Waals surface area contributed by atoms with Gasteiger partial charge >= 0.3 is 0 Å². The fourth-order valence-corrected chi connectivity index (χ4v) is 3.70. The van der Waals surface area contributed by atoms with Gasteiger partial charge in [-0.2, -0.15) is 0 Å². The van der Waals surface area contributed by atoms with E-state index in [1.165, 1.54) is 45.2 Å². The first kappa shape index (κ1) is 12.9. The van der Waals surface area contributed by atoms with Crippen molar-refractivity contribution >= 4 is 5.69 Å². The van der Waals surface area contributed by atoms with E-state index in [-0.39, 0.29) is 0 Å². The highest BCUT2D eigenvalue weighted by atomic mass is 15.2. The summed E-state index contributed by atoms with van der Waals surface area (Å²) in [5.41, 5.74) is 4.75. The Morgan fingerprint density at radius 1 is 1.26 bits per heavy atom. The van der Waals surface area contributed by atoms with Crippen LogP contribution in [0.4, 0.5) is 5.69 Å². The van der Waals surface area contributed by atoms with Crippen LogP contribution in [0.3, 0.4) is 0 Å². The molecule has 1 aromatic rings. The van der Waals surface area contributed by atoms with Gasteiger partial charge in [0.25, 0.3) is 0 Å². The molecule has 1 aliphatic carbocycles. The number of fused-ring (bicyclic) bond motifs is 1. The number of anilines is 1. The molecule has 2 unspecified atom stereocenters. The van der Waals surface area contributed by atoms with Crippen LogP contribution in [0.5, 0.6) is 0 Å². The summed E-state index contributed by atoms with van der Waals surface area (Å²) in [5.74, 6) is 7.37. The molecule has 0 radical (unpaired) electrons. The minimum atomic E-state index is 0.929. The van der Waals surface area contributed by atoms with E-state index in [1.54, 1.807) is 0 Å². The number of pyridine rings is 1. The predicted molar refractivity (Wildman–Crippen MR) is 77.4 cm³/mol. The van der Waals surface area contributed by atoms with Crippen molar-refractivity contribution in [3.63, 3.8) is 0 Å². The van der Waals surface area contributed by atoms with E-state index < -0.39 is 0 Å². The van der Waals surface area contributed by atoms with Gasteiger partial charge in [0.15, 0.2) is 0 Å². The third-order valence-corrected chi connectivity index (χ3v) is 4.74. The van der Waals surface area contributed by atoms with Crippen molar-refractivity contribution in [2.75, 3.05) is 18.5 Å². The van der Waals surface area contributed by atoms with Crippen molar-refractivity contribution in [1.29, 1.82) is 0 Å². The lowest BCUT2D eigenvalue weighted by atomic mass is 9.75. The second-order valence-electron chi connectivity index (χ2n) is 6.01. The number of nitrogen functional groups attached to an aromatic ring is 1. The van der Waals surface area contributed by atoms with Crippen molar-refractivity contribution in [3.8, 4) is 0 Å². The fourth-order valence-electron chi connectivity index (χ4n) is 3.70. The molecular formula is C15H24N4. The van der Waals surface area contributed by atoms with E-state index in [0.717, 1.165) is 29.8 Å². The number of piperidine rings is 1. The molecule has 19 heavy (non-hydrogen) atoms. The molecule has 1 saturated heterocycles. The molecule has 0 amide bonds. The summed E-state index contributed by atoms with van der Waals surface area (Å²) in [6.07, 6.45) is 8.98. The van der Waals surface area contributed by atoms with E-state index >= 15 is 0 Å². The minimum absolute atomic E-state index is 0.929. The second kappa shape index (κ2) is 5.88. The maximum atomic E-state index is 5.45. The third-order valence-electron chi connectivity index (χ3n) is 4.74. The van der Waals surface area contributed by atoms with Gasteiger partial charge in [-0.15, -0.1) is 0 Å². The van der Waals surface area contributed by atoms with Crippen molar-refractivity contribution in [1.82, 2.24) is 9.88 Å². The van der Waals surface area contributed by atoms with Crippen molar-refractivity contribution in [2.24, 2.45) is 17.7 Å². The second-order valence-corrected chi connectivity index (χ2v) is 6.01. The van der Waals surface area contributed by atoms with Crippen LogP contribution in [0.1, 0.15) is 37.8 Å². The van der Waals surface area contributed by atoms with E-state index in [1.807, 2.05) is 18.3 Å². The van der Waals surface area contributed by atoms with Gasteiger partial charge in [-0.3, -0.25) is 15.7 Å². The average molecular weight is 260 g/mol. The number of hydrogen-bond donors (Lipinski definition) is 2. The number of aromatic nitrogens is 1. The van der Waals surface area contributed by atoms with E-state index in [0.29, 0.717) is 0 Å². The van der Waals surface area contributed by atoms with Crippen LogP contribution >= 0.6 is 0 Å². The highest BCUT2D eigenvalue weighted by Gasteiger charge is 2.30. The van der Waals surface area contributed by atoms with E-state index in [9.17, 15) is 0 Å². The number of hydrazine groups is 1. The molecule has 4 nitrogen and oxygen atoms in total. The number of nitrogens with two attached hydrogens (primary N) is 1. The largest absolute Gasteiger partial charge is 0.324 e. The Bertz CT molecular complexity index is 420. The van der Waals surface area contributed by atoms with Gasteiger partial charge in [0.2, 0.25) is 0 Å². The summed E-state index contributed by atoms with van der Waals surface area (Å²) in [6, 6.07) is 3.95. The number of likely N-dealkylation sites (tertiary alicyclic amines) is 1. The third kappa shape index (κ3) is 3.07. The summed E-state index contributed by atoms with van der Waals surface area (Å²) in [7, 11) is 0. The van der Waals surface area contributed by atoms with Crippen molar-refractivity contribution in [3.05, 3.63) is 24.0 Å². The normalized spacial score (nSPS) is 27.8. The maximum Gasteiger partial charge on any atom is 0.0564 e. The Kier molecular flexibility index (Phi) is 3.99. The van der Waals surface area contributed by atoms with Crippen molar-refractivity contribution < 1.29 is 0 Å². The lowest BCUT2D eigenvalue weighted by molar-refractivity contribution is 0.0812. The monoisotopic (exact) mass is 260 g/mol. The molecule has 0 spiro atoms. The van der Waals surface area contributed by atoms with Crippen LogP contribution in [-0.2, 0) is 6.54 Å². The Labute approximate surface area is 115 Å². The summed E-state index contributed by atoms with van der Waals surface area (Å²) in [4.78, 5) is 7.01. The van der Waals surface area contributed by atoms with Gasteiger partial charge in [0, 0.05) is 19.3 Å². The van der Waals surface area contributed by atoms with Crippen LogP contribution in [0.25, 0.3) is 0 Å². The molecule has 2 heterocycles. The first-order valence-electron chi connectivity index (χ1n) is 7.49. The molecule has 4 heteroatoms. The standard InChI is InChI=1S/C15H24N4/c16-18-14-5-7-17-15(9-14)11-19-8-6-12-3-1-2-4-13(12)10-19/h5,7,9,12-13H,1-4,6,8,10-11,16H2,(H,17,18). The molecule has 1 saturated carbocycles. The molecular weight excluding hydrogens is 236 g/mol. The van der Waals surface area contributed by atoms with Crippen LogP contribution in [0.2, 0.25) is 0 Å². The highest BCUT2D eigenvalue weighted by molar-refractivity contribution is 5.41. The molecule has 3 rings (SSSR count). The SMILES string of the molecule is NNc1ccnc(CN2CCC3CCCCC3C2)c1. The van der Waals surface area contributed by atoms with Gasteiger partial charge in [0.05, 0.1) is 11.4 Å². The van der Waals surface area contributed by atoms with Crippen LogP contribution in [0.15, 0.2) is 18.3 Å². The quantitative estimate of drug-likeness (QED) is 0.647. The molecule has 3 N–H and O–H groups in total. The summed E-state index contributed by atoms with van der Waals surface area (Å²) in [6.45, 7) is 3.44. The number of hydrogen-bond acceptors (Lipinski definition) is 4. The molecule has 2 atom stereocenters. The molecule has 104 valence electrons. The number of nitrogens with zero attached hydrogens (tertiary/aromatic N) is 2. The highest BCUT2D eigenvalue weighted by Crippen LogP contribution is 2.36. The van der Waals surface area contributed by atoms with E-state index in [2.05, 4.69) is 15.3 Å². The zero-order valence-corrected chi connectivity index (χ0v) is 11.5. The summed E-state index contributed by atoms with van der Waals surface area (Å²) >= 11 is 0. The molecule has 1 aromatic heterocycles. The van der Waals surface area contributed by atoms with Crippen LogP contribution in [-0.4, -0.2) is 23.0 Å². The lowest BCUT2D eigenvalue weighted by Gasteiger charge is -2.41. The molecule has 2 aliphatic rings. The summed E-state index contributed by atoms with van der Waals surface area (Å²) in [5, 5.41) is 0. The van der Waals surface area contributed by atoms with Gasteiger partial charge < -0.3 is 5.43 Å². The Morgan fingerprint density at radius 2 is 2.11 bits per heavy atom. The predicted octanol–water partition coefficient (Wildman–Crippen LogP) is 2.38. The zero-order valence-electron chi connectivity index (χ0n) is 11.5. The van der Waals surface area contributed by atoms with Gasteiger partial charge in [-0.25, -0.2) is 0 Å². The topological polar surface area (TPSA) is 54.2 Å². The molecule has 0 bridgehead atoms. The average Bonchev–Trinajstić information content (AvgIpc) is 2.47. The fraction of sp³-hybridized carbons (Fsp3) is 0.667. The van der Waals surface area contributed by atoms with E-state index in [4.69, 9.17) is 5.84 Å². The molecule has 2 fully saturated rings. The van der Waals surface area contributed by atoms with Crippen LogP contribution < -0.4 is 11.3 Å². The molecule has 0 aromatic carbocycles. The molecule has 1 aliphatic heterocycles. The maximum absolute atomic E-state index is 5.45. The van der Waals surface area contributed by atoms with Crippen molar-refractivity contribution in [2.45, 2.75) is 38.6 Å². The number of nitrogens with one attached hydrogen (secondary N) is 1. The first-order valence-corrected chi connectivity index (χ1v) is 7.49. The summed E-state index contributed by atoms with van der Waals surface area (Å²) < 4.78 is 0. The Morgan fingerprint density at radius 3 is 2.95 bits per heavy atom. The Balaban J connectivity index is 1.60. The van der Waals surface area contributed by atoms with Gasteiger partial charge in [-0.05, 0) is 43.4 Å². The lowest BCUT2D eigenvalue weighted by Crippen LogP contribution is -2.41. The van der Waals surface area contributed by atoms with Gasteiger partial charge in [0.1, 0.15) is 0 Å². The first-order chi connectivity index (χ1) is 9.35. The zero-order chi connectivity index (χ0) is 13.1. The van der Waals surface area contributed by atoms with Gasteiger partial charge in [-0.1, -0.05) is 19.3 Å². The Hall–Kier alpha value is -1.13. The number of rotatable bonds is 3. The minimum Gasteiger partial charge on any atom is -0.324 e.